The monoisotopic (exact) mass is 319 g/mol. The van der Waals surface area contributed by atoms with Gasteiger partial charge in [0.15, 0.2) is 0 Å². The Hall–Kier alpha value is -0.210. The average Bonchev–Trinajstić information content (AvgIpc) is 2.89. The zero-order valence-electron chi connectivity index (χ0n) is 13.2. The zero-order valence-corrected chi connectivity index (χ0v) is 14.0. The normalized spacial score (nSPS) is 26.8. The third kappa shape index (κ3) is 4.89. The molecule has 0 radical (unpaired) electrons. The van der Waals surface area contributed by atoms with Crippen LogP contribution in [0.15, 0.2) is 0 Å². The first-order chi connectivity index (χ1) is 9.88. The molecule has 1 atom stereocenters. The molecule has 21 heavy (non-hydrogen) atoms. The second-order valence-corrected chi connectivity index (χ2v) is 8.50. The second kappa shape index (κ2) is 7.37. The highest BCUT2D eigenvalue weighted by atomic mass is 32.2. The summed E-state index contributed by atoms with van der Waals surface area (Å²) >= 11 is 0. The van der Waals surface area contributed by atoms with E-state index in [2.05, 4.69) is 4.90 Å². The van der Waals surface area contributed by atoms with Crippen molar-refractivity contribution in [2.45, 2.75) is 51.3 Å². The van der Waals surface area contributed by atoms with Gasteiger partial charge in [-0.2, -0.15) is 0 Å². The molecule has 2 N–H and O–H groups in total. The highest BCUT2D eigenvalue weighted by Gasteiger charge is 2.35. The molecule has 0 spiro atoms. The molecular formula is C14H29N3O3S. The van der Waals surface area contributed by atoms with Crippen LogP contribution in [0.1, 0.15) is 33.1 Å². The van der Waals surface area contributed by atoms with Gasteiger partial charge in [-0.3, -0.25) is 4.90 Å². The molecule has 2 aliphatic heterocycles. The first kappa shape index (κ1) is 17.1. The van der Waals surface area contributed by atoms with Gasteiger partial charge >= 0.3 is 0 Å². The Morgan fingerprint density at radius 1 is 1.19 bits per heavy atom. The van der Waals surface area contributed by atoms with Crippen LogP contribution in [0.5, 0.6) is 0 Å². The summed E-state index contributed by atoms with van der Waals surface area (Å²) in [5, 5.41) is 0. The van der Waals surface area contributed by atoms with Gasteiger partial charge in [-0.05, 0) is 46.2 Å². The molecule has 124 valence electrons. The lowest BCUT2D eigenvalue weighted by Crippen LogP contribution is -2.46. The molecular weight excluding hydrogens is 290 g/mol. The third-order valence-electron chi connectivity index (χ3n) is 4.40. The standard InChI is InChI=1S/C14H29N3O3S/c1-12(2)20-9-10-21(18,19)17-8-5-14(11-17)16-6-3-13(15)4-7-16/h12-14H,3-11,15H2,1-2H3. The number of nitrogens with zero attached hydrogens (tertiary/aromatic N) is 2. The number of hydrogen-bond acceptors (Lipinski definition) is 5. The number of sulfonamides is 1. The molecule has 1 unspecified atom stereocenters. The Labute approximate surface area is 128 Å². The van der Waals surface area contributed by atoms with Gasteiger partial charge in [0.1, 0.15) is 0 Å². The lowest BCUT2D eigenvalue weighted by molar-refractivity contribution is 0.0907. The summed E-state index contributed by atoms with van der Waals surface area (Å²) in [4.78, 5) is 2.41. The molecule has 2 fully saturated rings. The van der Waals surface area contributed by atoms with Crippen molar-refractivity contribution >= 4 is 10.0 Å². The van der Waals surface area contributed by atoms with Crippen molar-refractivity contribution in [3.05, 3.63) is 0 Å². The summed E-state index contributed by atoms with van der Waals surface area (Å²) < 4.78 is 31.6. The average molecular weight is 319 g/mol. The van der Waals surface area contributed by atoms with E-state index in [1.54, 1.807) is 4.31 Å². The van der Waals surface area contributed by atoms with Gasteiger partial charge in [0.2, 0.25) is 10.0 Å². The zero-order chi connectivity index (χ0) is 15.5. The number of likely N-dealkylation sites (tertiary alicyclic amines) is 1. The molecule has 0 aliphatic carbocycles. The minimum atomic E-state index is -3.18. The van der Waals surface area contributed by atoms with Crippen molar-refractivity contribution in [1.82, 2.24) is 9.21 Å². The van der Waals surface area contributed by atoms with Crippen LogP contribution < -0.4 is 5.73 Å². The largest absolute Gasteiger partial charge is 0.378 e. The Morgan fingerprint density at radius 3 is 2.48 bits per heavy atom. The molecule has 2 aliphatic rings. The first-order valence-electron chi connectivity index (χ1n) is 7.97. The van der Waals surface area contributed by atoms with Crippen molar-refractivity contribution < 1.29 is 13.2 Å². The maximum absolute atomic E-state index is 12.3. The summed E-state index contributed by atoms with van der Waals surface area (Å²) in [6.45, 7) is 7.36. The Bertz CT molecular complexity index is 419. The van der Waals surface area contributed by atoms with Crippen LogP contribution in [0.4, 0.5) is 0 Å². The fraction of sp³-hybridized carbons (Fsp3) is 1.00. The predicted octanol–water partition coefficient (Wildman–Crippen LogP) is 0.239. The quantitative estimate of drug-likeness (QED) is 0.759. The number of ether oxygens (including phenoxy) is 1. The first-order valence-corrected chi connectivity index (χ1v) is 9.58. The highest BCUT2D eigenvalue weighted by Crippen LogP contribution is 2.22. The van der Waals surface area contributed by atoms with Gasteiger partial charge < -0.3 is 10.5 Å². The number of nitrogens with two attached hydrogens (primary N) is 1. The highest BCUT2D eigenvalue weighted by molar-refractivity contribution is 7.89. The molecule has 2 heterocycles. The molecule has 0 aromatic carbocycles. The van der Waals surface area contributed by atoms with E-state index in [-0.39, 0.29) is 18.5 Å². The van der Waals surface area contributed by atoms with Crippen molar-refractivity contribution in [3.8, 4) is 0 Å². The van der Waals surface area contributed by atoms with E-state index in [1.165, 1.54) is 0 Å². The molecule has 0 aromatic rings. The maximum atomic E-state index is 12.3. The minimum Gasteiger partial charge on any atom is -0.378 e. The fourth-order valence-corrected chi connectivity index (χ4v) is 4.41. The van der Waals surface area contributed by atoms with Gasteiger partial charge in [-0.1, -0.05) is 0 Å². The predicted molar refractivity (Wildman–Crippen MR) is 83.6 cm³/mol. The van der Waals surface area contributed by atoms with Crippen LogP contribution in [-0.2, 0) is 14.8 Å². The maximum Gasteiger partial charge on any atom is 0.216 e. The van der Waals surface area contributed by atoms with Gasteiger partial charge in [-0.25, -0.2) is 12.7 Å². The smallest absolute Gasteiger partial charge is 0.216 e. The molecule has 7 heteroatoms. The van der Waals surface area contributed by atoms with Crippen LogP contribution in [0.25, 0.3) is 0 Å². The topological polar surface area (TPSA) is 75.9 Å². The number of rotatable bonds is 6. The van der Waals surface area contributed by atoms with E-state index in [0.29, 0.717) is 25.2 Å². The SMILES string of the molecule is CC(C)OCCS(=O)(=O)N1CCC(N2CCC(N)CC2)C1. The number of hydrogen-bond donors (Lipinski definition) is 1. The van der Waals surface area contributed by atoms with E-state index in [4.69, 9.17) is 10.5 Å². The summed E-state index contributed by atoms with van der Waals surface area (Å²) in [7, 11) is -3.18. The number of piperidine rings is 1. The molecule has 2 rings (SSSR count). The van der Waals surface area contributed by atoms with Gasteiger partial charge in [-0.15, -0.1) is 0 Å². The van der Waals surface area contributed by atoms with E-state index in [1.807, 2.05) is 13.8 Å². The van der Waals surface area contributed by atoms with Crippen LogP contribution in [0, 0.1) is 0 Å². The van der Waals surface area contributed by atoms with E-state index in [0.717, 1.165) is 32.4 Å². The lowest BCUT2D eigenvalue weighted by Gasteiger charge is -2.34. The molecule has 0 bridgehead atoms. The molecule has 2 saturated heterocycles. The van der Waals surface area contributed by atoms with Crippen molar-refractivity contribution in [2.75, 3.05) is 38.5 Å². The van der Waals surface area contributed by atoms with Crippen LogP contribution >= 0.6 is 0 Å². The Kier molecular flexibility index (Phi) is 6.02. The Balaban J connectivity index is 1.81. The fourth-order valence-electron chi connectivity index (χ4n) is 3.06. The van der Waals surface area contributed by atoms with Crippen molar-refractivity contribution in [2.24, 2.45) is 5.73 Å². The van der Waals surface area contributed by atoms with Gasteiger partial charge in [0.05, 0.1) is 18.5 Å². The van der Waals surface area contributed by atoms with Gasteiger partial charge in [0.25, 0.3) is 0 Å². The third-order valence-corrected chi connectivity index (χ3v) is 6.20. The molecule has 0 amide bonds. The van der Waals surface area contributed by atoms with Crippen LogP contribution in [0.3, 0.4) is 0 Å². The summed E-state index contributed by atoms with van der Waals surface area (Å²) in [6, 6.07) is 0.675. The van der Waals surface area contributed by atoms with Gasteiger partial charge in [0, 0.05) is 25.2 Å². The molecule has 0 saturated carbocycles. The molecule has 6 nitrogen and oxygen atoms in total. The molecule has 0 aromatic heterocycles. The van der Waals surface area contributed by atoms with E-state index in [9.17, 15) is 8.42 Å². The van der Waals surface area contributed by atoms with Crippen molar-refractivity contribution in [3.63, 3.8) is 0 Å². The minimum absolute atomic E-state index is 0.0732. The second-order valence-electron chi connectivity index (χ2n) is 6.41. The summed E-state index contributed by atoms with van der Waals surface area (Å²) in [5.41, 5.74) is 5.92. The van der Waals surface area contributed by atoms with E-state index < -0.39 is 10.0 Å². The Morgan fingerprint density at radius 2 is 1.86 bits per heavy atom. The summed E-state index contributed by atoms with van der Waals surface area (Å²) in [6.07, 6.45) is 3.04. The van der Waals surface area contributed by atoms with Crippen LogP contribution in [0.2, 0.25) is 0 Å². The lowest BCUT2D eigenvalue weighted by atomic mass is 10.0. The van der Waals surface area contributed by atoms with E-state index >= 15 is 0 Å². The van der Waals surface area contributed by atoms with Crippen molar-refractivity contribution in [1.29, 1.82) is 0 Å². The summed E-state index contributed by atoms with van der Waals surface area (Å²) in [5.74, 6) is 0.0861. The van der Waals surface area contributed by atoms with Crippen LogP contribution in [-0.4, -0.2) is 74.3 Å².